The number of aromatic nitrogens is 3. The zero-order valence-corrected chi connectivity index (χ0v) is 20.0. The van der Waals surface area contributed by atoms with E-state index in [1.165, 1.54) is 18.5 Å². The van der Waals surface area contributed by atoms with Gasteiger partial charge >= 0.3 is 6.18 Å². The van der Waals surface area contributed by atoms with E-state index in [0.717, 1.165) is 58.7 Å². The first-order chi connectivity index (χ1) is 16.9. The van der Waals surface area contributed by atoms with E-state index >= 15 is 0 Å². The highest BCUT2D eigenvalue weighted by molar-refractivity contribution is 7.15. The lowest BCUT2D eigenvalue weighted by molar-refractivity contribution is -0.137. The van der Waals surface area contributed by atoms with Crippen LogP contribution in [0.4, 0.5) is 13.2 Å². The van der Waals surface area contributed by atoms with Crippen LogP contribution in [0.2, 0.25) is 0 Å². The summed E-state index contributed by atoms with van der Waals surface area (Å²) < 4.78 is 40.5. The van der Waals surface area contributed by atoms with Gasteiger partial charge < -0.3 is 5.32 Å². The minimum absolute atomic E-state index is 0.00573. The molecule has 1 N–H and O–H groups in total. The molecule has 1 fully saturated rings. The molecule has 0 unspecified atom stereocenters. The Kier molecular flexibility index (Phi) is 6.67. The lowest BCUT2D eigenvalue weighted by atomic mass is 9.92. The van der Waals surface area contributed by atoms with E-state index < -0.39 is 11.7 Å². The lowest BCUT2D eigenvalue weighted by Gasteiger charge is -2.20. The third kappa shape index (κ3) is 4.99. The Morgan fingerprint density at radius 3 is 2.51 bits per heavy atom. The van der Waals surface area contributed by atoms with Gasteiger partial charge in [0.1, 0.15) is 6.33 Å². The third-order valence-corrected chi connectivity index (χ3v) is 7.74. The van der Waals surface area contributed by atoms with Crippen molar-refractivity contribution in [1.29, 1.82) is 0 Å². The molecule has 5 rings (SSSR count). The van der Waals surface area contributed by atoms with Gasteiger partial charge in [-0.05, 0) is 43.6 Å². The van der Waals surface area contributed by atoms with Gasteiger partial charge in [0, 0.05) is 29.2 Å². The largest absolute Gasteiger partial charge is 0.416 e. The molecular weight excluding hydrogens is 469 g/mol. The second-order valence-corrected chi connectivity index (χ2v) is 9.82. The first-order valence-electron chi connectivity index (χ1n) is 11.7. The molecule has 35 heavy (non-hydrogen) atoms. The van der Waals surface area contributed by atoms with Crippen molar-refractivity contribution < 1.29 is 13.2 Å². The summed E-state index contributed by atoms with van der Waals surface area (Å²) in [6.45, 7) is 3.90. The number of benzene rings is 2. The summed E-state index contributed by atoms with van der Waals surface area (Å²) in [7, 11) is 0. The lowest BCUT2D eigenvalue weighted by Crippen LogP contribution is -2.26. The predicted molar refractivity (Wildman–Crippen MR) is 132 cm³/mol. The molecule has 3 heterocycles. The number of hydrogen-bond donors (Lipinski definition) is 1. The molecule has 4 nitrogen and oxygen atoms in total. The fourth-order valence-electron chi connectivity index (χ4n) is 4.55. The number of thiazole rings is 1. The van der Waals surface area contributed by atoms with Gasteiger partial charge in [-0.15, -0.1) is 11.3 Å². The highest BCUT2D eigenvalue weighted by atomic mass is 32.1. The van der Waals surface area contributed by atoms with E-state index in [1.54, 1.807) is 23.6 Å². The van der Waals surface area contributed by atoms with Crippen LogP contribution in [-0.4, -0.2) is 28.0 Å². The number of alkyl halides is 3. The van der Waals surface area contributed by atoms with E-state index in [2.05, 4.69) is 34.3 Å². The van der Waals surface area contributed by atoms with Crippen LogP contribution < -0.4 is 5.32 Å². The molecule has 1 aliphatic rings. The second-order valence-electron chi connectivity index (χ2n) is 8.79. The van der Waals surface area contributed by atoms with Crippen LogP contribution in [0, 0.1) is 0 Å². The number of nitrogens with one attached hydrogen (secondary N) is 1. The maximum Gasteiger partial charge on any atom is 0.416 e. The molecule has 8 heteroatoms. The maximum atomic E-state index is 13.5. The predicted octanol–water partition coefficient (Wildman–Crippen LogP) is 6.90. The fraction of sp³-hybridized carbons (Fsp3) is 0.296. The van der Waals surface area contributed by atoms with Crippen LogP contribution in [0.3, 0.4) is 0 Å². The number of piperidine rings is 1. The van der Waals surface area contributed by atoms with Crippen molar-refractivity contribution in [2.75, 3.05) is 13.1 Å². The maximum absolute atomic E-state index is 13.5. The van der Waals surface area contributed by atoms with Crippen molar-refractivity contribution in [3.8, 4) is 21.8 Å². The minimum Gasteiger partial charge on any atom is -0.317 e. The van der Waals surface area contributed by atoms with E-state index in [4.69, 9.17) is 4.98 Å². The molecule has 1 saturated heterocycles. The molecule has 0 spiro atoms. The quantitative estimate of drug-likeness (QED) is 0.328. The van der Waals surface area contributed by atoms with Crippen molar-refractivity contribution in [1.82, 2.24) is 20.3 Å². The van der Waals surface area contributed by atoms with Gasteiger partial charge in [-0.25, -0.2) is 15.0 Å². The third-order valence-electron chi connectivity index (χ3n) is 6.52. The number of halogens is 3. The number of nitrogens with zero attached hydrogens (tertiary/aromatic N) is 3. The highest BCUT2D eigenvalue weighted by Gasteiger charge is 2.32. The van der Waals surface area contributed by atoms with Gasteiger partial charge in [0.2, 0.25) is 0 Å². The van der Waals surface area contributed by atoms with E-state index in [1.807, 2.05) is 18.2 Å². The minimum atomic E-state index is -4.42. The van der Waals surface area contributed by atoms with Crippen molar-refractivity contribution in [2.24, 2.45) is 0 Å². The normalized spacial score (nSPS) is 15.8. The van der Waals surface area contributed by atoms with Crippen molar-refractivity contribution >= 4 is 11.3 Å². The standard InChI is InChI=1S/C27H25F3N4S/c1-17(18-6-3-2-4-7-18)22-15-32-16-33-24(22)25-23(20-8-5-9-21(14-20)27(28,29)30)34-26(35-25)19-10-12-31-13-11-19/h2-9,14-17,19,31H,10-13H2,1H3/t17-/m0/s1. The molecule has 180 valence electrons. The summed E-state index contributed by atoms with van der Waals surface area (Å²) in [6.07, 6.45) is 0.778. The van der Waals surface area contributed by atoms with Gasteiger partial charge in [0.25, 0.3) is 0 Å². The molecule has 0 bridgehead atoms. The topological polar surface area (TPSA) is 50.7 Å². The zero-order valence-electron chi connectivity index (χ0n) is 19.2. The average Bonchev–Trinajstić information content (AvgIpc) is 3.34. The van der Waals surface area contributed by atoms with Crippen molar-refractivity contribution in [3.05, 3.63) is 88.8 Å². The van der Waals surface area contributed by atoms with Gasteiger partial charge in [0.05, 0.1) is 26.8 Å². The summed E-state index contributed by atoms with van der Waals surface area (Å²) in [6, 6.07) is 15.5. The molecule has 0 saturated carbocycles. The second kappa shape index (κ2) is 9.87. The van der Waals surface area contributed by atoms with E-state index in [-0.39, 0.29) is 11.8 Å². The van der Waals surface area contributed by atoms with Crippen LogP contribution in [-0.2, 0) is 6.18 Å². The van der Waals surface area contributed by atoms with Crippen LogP contribution in [0.1, 0.15) is 53.3 Å². The summed E-state index contributed by atoms with van der Waals surface area (Å²) >= 11 is 1.54. The Hall–Kier alpha value is -3.10. The Morgan fingerprint density at radius 2 is 1.77 bits per heavy atom. The summed E-state index contributed by atoms with van der Waals surface area (Å²) in [5.41, 5.74) is 3.08. The first kappa shape index (κ1) is 23.6. The van der Waals surface area contributed by atoms with Gasteiger partial charge in [-0.3, -0.25) is 0 Å². The fourth-order valence-corrected chi connectivity index (χ4v) is 5.82. The molecule has 4 aromatic rings. The van der Waals surface area contributed by atoms with Crippen LogP contribution in [0.15, 0.2) is 67.1 Å². The molecular formula is C27H25F3N4S. The number of rotatable bonds is 5. The zero-order chi connectivity index (χ0) is 24.4. The molecule has 0 aliphatic carbocycles. The highest BCUT2D eigenvalue weighted by Crippen LogP contribution is 2.44. The summed E-state index contributed by atoms with van der Waals surface area (Å²) in [4.78, 5) is 14.6. The van der Waals surface area contributed by atoms with E-state index in [9.17, 15) is 13.2 Å². The average molecular weight is 495 g/mol. The molecule has 2 aromatic heterocycles. The van der Waals surface area contributed by atoms with Crippen molar-refractivity contribution in [2.45, 2.75) is 37.8 Å². The van der Waals surface area contributed by atoms with Crippen LogP contribution in [0.25, 0.3) is 21.8 Å². The van der Waals surface area contributed by atoms with Crippen LogP contribution >= 0.6 is 11.3 Å². The van der Waals surface area contributed by atoms with Crippen LogP contribution in [0.5, 0.6) is 0 Å². The van der Waals surface area contributed by atoms with Gasteiger partial charge in [-0.1, -0.05) is 49.4 Å². The Bertz CT molecular complexity index is 1300. The smallest absolute Gasteiger partial charge is 0.317 e. The monoisotopic (exact) mass is 494 g/mol. The molecule has 0 amide bonds. The summed E-state index contributed by atoms with van der Waals surface area (Å²) in [5, 5.41) is 4.32. The van der Waals surface area contributed by atoms with Crippen molar-refractivity contribution in [3.63, 3.8) is 0 Å². The Balaban J connectivity index is 1.66. The molecule has 2 aromatic carbocycles. The SMILES string of the molecule is C[C@@H](c1ccccc1)c1cncnc1-c1sc(C2CCNCC2)nc1-c1cccc(C(F)(F)F)c1. The Labute approximate surface area is 206 Å². The number of hydrogen-bond acceptors (Lipinski definition) is 5. The molecule has 0 radical (unpaired) electrons. The molecule has 1 aliphatic heterocycles. The first-order valence-corrected chi connectivity index (χ1v) is 12.5. The van der Waals surface area contributed by atoms with Gasteiger partial charge in [-0.2, -0.15) is 13.2 Å². The van der Waals surface area contributed by atoms with E-state index in [0.29, 0.717) is 11.3 Å². The van der Waals surface area contributed by atoms with Gasteiger partial charge in [0.15, 0.2) is 0 Å². The molecule has 1 atom stereocenters. The summed E-state index contributed by atoms with van der Waals surface area (Å²) in [5.74, 6) is 0.280. The Morgan fingerprint density at radius 1 is 1.00 bits per heavy atom.